The molecule has 1 heterocycles. The molecule has 1 saturated carbocycles. The van der Waals surface area contributed by atoms with E-state index in [0.29, 0.717) is 11.5 Å². The predicted octanol–water partition coefficient (Wildman–Crippen LogP) is 4.27. The Morgan fingerprint density at radius 1 is 1.47 bits per heavy atom. The zero-order valence-corrected chi connectivity index (χ0v) is 13.4. The molecule has 0 bridgehead atoms. The van der Waals surface area contributed by atoms with Crippen LogP contribution in [0.25, 0.3) is 0 Å². The lowest BCUT2D eigenvalue weighted by atomic mass is 9.65. The van der Waals surface area contributed by atoms with E-state index in [0.717, 1.165) is 18.9 Å². The SMILES string of the molecule is CCCNC(Cc1cncs1)C1CCCCC1(C)C. The molecule has 0 aromatic carbocycles. The van der Waals surface area contributed by atoms with Gasteiger partial charge < -0.3 is 5.32 Å². The van der Waals surface area contributed by atoms with Gasteiger partial charge in [-0.15, -0.1) is 11.3 Å². The fourth-order valence-electron chi connectivity index (χ4n) is 3.51. The van der Waals surface area contributed by atoms with Crippen LogP contribution in [0.2, 0.25) is 0 Å². The Kier molecular flexibility index (Phi) is 5.40. The molecular formula is C16H28N2S. The molecule has 1 aromatic rings. The first-order chi connectivity index (χ1) is 9.13. The topological polar surface area (TPSA) is 24.9 Å². The predicted molar refractivity (Wildman–Crippen MR) is 83.6 cm³/mol. The number of nitrogens with zero attached hydrogens (tertiary/aromatic N) is 1. The summed E-state index contributed by atoms with van der Waals surface area (Å²) in [6, 6.07) is 0.621. The van der Waals surface area contributed by atoms with Crippen molar-refractivity contribution in [2.75, 3.05) is 6.54 Å². The van der Waals surface area contributed by atoms with Gasteiger partial charge in [0.05, 0.1) is 5.51 Å². The quantitative estimate of drug-likeness (QED) is 0.841. The molecule has 0 amide bonds. The van der Waals surface area contributed by atoms with Gasteiger partial charge in [-0.25, -0.2) is 0 Å². The normalized spacial score (nSPS) is 24.3. The Morgan fingerprint density at radius 3 is 2.95 bits per heavy atom. The largest absolute Gasteiger partial charge is 0.313 e. The molecule has 2 nitrogen and oxygen atoms in total. The fraction of sp³-hybridized carbons (Fsp3) is 0.812. The summed E-state index contributed by atoms with van der Waals surface area (Å²) in [6.45, 7) is 8.31. The molecule has 1 aromatic heterocycles. The Labute approximate surface area is 122 Å². The number of thiazole rings is 1. The van der Waals surface area contributed by atoms with Crippen molar-refractivity contribution in [1.29, 1.82) is 0 Å². The molecule has 108 valence electrons. The number of aromatic nitrogens is 1. The third kappa shape index (κ3) is 4.03. The summed E-state index contributed by atoms with van der Waals surface area (Å²) >= 11 is 1.80. The van der Waals surface area contributed by atoms with Crippen LogP contribution in [0.4, 0.5) is 0 Å². The molecule has 0 radical (unpaired) electrons. The van der Waals surface area contributed by atoms with Gasteiger partial charge in [0, 0.05) is 17.1 Å². The van der Waals surface area contributed by atoms with Gasteiger partial charge in [0.25, 0.3) is 0 Å². The second kappa shape index (κ2) is 6.85. The van der Waals surface area contributed by atoms with Gasteiger partial charge in [0.15, 0.2) is 0 Å². The van der Waals surface area contributed by atoms with Crippen molar-refractivity contribution in [2.24, 2.45) is 11.3 Å². The summed E-state index contributed by atoms with van der Waals surface area (Å²) in [5.41, 5.74) is 2.44. The molecule has 1 aliphatic rings. The first-order valence-electron chi connectivity index (χ1n) is 7.74. The maximum Gasteiger partial charge on any atom is 0.0794 e. The molecule has 2 rings (SSSR count). The van der Waals surface area contributed by atoms with E-state index in [1.54, 1.807) is 11.3 Å². The number of nitrogens with one attached hydrogen (secondary N) is 1. The minimum Gasteiger partial charge on any atom is -0.313 e. The zero-order chi connectivity index (χ0) is 13.7. The van der Waals surface area contributed by atoms with E-state index in [-0.39, 0.29) is 0 Å². The van der Waals surface area contributed by atoms with Crippen molar-refractivity contribution in [2.45, 2.75) is 65.3 Å². The van der Waals surface area contributed by atoms with Gasteiger partial charge in [-0.1, -0.05) is 33.6 Å². The van der Waals surface area contributed by atoms with Gasteiger partial charge in [-0.05, 0) is 43.6 Å². The van der Waals surface area contributed by atoms with Crippen LogP contribution in [0, 0.1) is 11.3 Å². The molecule has 2 unspecified atom stereocenters. The van der Waals surface area contributed by atoms with Gasteiger partial charge >= 0.3 is 0 Å². The van der Waals surface area contributed by atoms with E-state index >= 15 is 0 Å². The average Bonchev–Trinajstić information content (AvgIpc) is 2.87. The van der Waals surface area contributed by atoms with Gasteiger partial charge in [-0.2, -0.15) is 0 Å². The minimum atomic E-state index is 0.481. The molecule has 0 spiro atoms. The highest BCUT2D eigenvalue weighted by molar-refractivity contribution is 7.09. The maximum atomic E-state index is 4.23. The summed E-state index contributed by atoms with van der Waals surface area (Å²) in [5.74, 6) is 0.801. The third-order valence-electron chi connectivity index (χ3n) is 4.64. The van der Waals surface area contributed by atoms with Crippen molar-refractivity contribution < 1.29 is 0 Å². The fourth-order valence-corrected chi connectivity index (χ4v) is 4.17. The van der Waals surface area contributed by atoms with Gasteiger partial charge in [0.1, 0.15) is 0 Å². The second-order valence-corrected chi connectivity index (χ2v) is 7.54. The van der Waals surface area contributed by atoms with E-state index in [1.807, 2.05) is 11.7 Å². The molecule has 2 atom stereocenters. The van der Waals surface area contributed by atoms with E-state index in [1.165, 1.54) is 37.0 Å². The van der Waals surface area contributed by atoms with Crippen molar-refractivity contribution in [1.82, 2.24) is 10.3 Å². The lowest BCUT2D eigenvalue weighted by Crippen LogP contribution is -2.46. The Bertz CT molecular complexity index is 359. The molecule has 3 heteroatoms. The molecule has 0 aliphatic heterocycles. The van der Waals surface area contributed by atoms with Crippen LogP contribution in [0.15, 0.2) is 11.7 Å². The molecule has 1 fully saturated rings. The van der Waals surface area contributed by atoms with Crippen LogP contribution in [-0.4, -0.2) is 17.6 Å². The van der Waals surface area contributed by atoms with Crippen LogP contribution in [0.3, 0.4) is 0 Å². The van der Waals surface area contributed by atoms with E-state index in [2.05, 4.69) is 31.1 Å². The first kappa shape index (κ1) is 15.0. The van der Waals surface area contributed by atoms with Crippen molar-refractivity contribution in [3.8, 4) is 0 Å². The van der Waals surface area contributed by atoms with Crippen LogP contribution in [0.1, 0.15) is 57.8 Å². The van der Waals surface area contributed by atoms with E-state index in [9.17, 15) is 0 Å². The molecule has 1 aliphatic carbocycles. The number of hydrogen-bond acceptors (Lipinski definition) is 3. The number of hydrogen-bond donors (Lipinski definition) is 1. The lowest BCUT2D eigenvalue weighted by Gasteiger charge is -2.43. The van der Waals surface area contributed by atoms with Crippen LogP contribution in [-0.2, 0) is 6.42 Å². The first-order valence-corrected chi connectivity index (χ1v) is 8.62. The average molecular weight is 280 g/mol. The lowest BCUT2D eigenvalue weighted by molar-refractivity contribution is 0.0984. The molecular weight excluding hydrogens is 252 g/mol. The molecule has 0 saturated heterocycles. The van der Waals surface area contributed by atoms with Crippen LogP contribution >= 0.6 is 11.3 Å². The van der Waals surface area contributed by atoms with Crippen molar-refractivity contribution >= 4 is 11.3 Å². The smallest absolute Gasteiger partial charge is 0.0794 e. The highest BCUT2D eigenvalue weighted by atomic mass is 32.1. The Hall–Kier alpha value is -0.410. The summed E-state index contributed by atoms with van der Waals surface area (Å²) in [6.07, 6.45) is 9.98. The standard InChI is InChI=1S/C16H28N2S/c1-4-9-18-15(10-13-11-17-12-19-13)14-7-5-6-8-16(14,2)3/h11-12,14-15,18H,4-10H2,1-3H3. The summed E-state index contributed by atoms with van der Waals surface area (Å²) < 4.78 is 0. The summed E-state index contributed by atoms with van der Waals surface area (Å²) in [4.78, 5) is 5.65. The highest BCUT2D eigenvalue weighted by Crippen LogP contribution is 2.43. The zero-order valence-electron chi connectivity index (χ0n) is 12.6. The summed E-state index contributed by atoms with van der Waals surface area (Å²) in [5, 5.41) is 3.81. The third-order valence-corrected chi connectivity index (χ3v) is 5.44. The van der Waals surface area contributed by atoms with Crippen molar-refractivity contribution in [3.63, 3.8) is 0 Å². The summed E-state index contributed by atoms with van der Waals surface area (Å²) in [7, 11) is 0. The Morgan fingerprint density at radius 2 is 2.32 bits per heavy atom. The minimum absolute atomic E-state index is 0.481. The monoisotopic (exact) mass is 280 g/mol. The number of rotatable bonds is 6. The molecule has 19 heavy (non-hydrogen) atoms. The van der Waals surface area contributed by atoms with E-state index < -0.39 is 0 Å². The van der Waals surface area contributed by atoms with Crippen LogP contribution < -0.4 is 5.32 Å². The molecule has 1 N–H and O–H groups in total. The maximum absolute atomic E-state index is 4.23. The van der Waals surface area contributed by atoms with E-state index in [4.69, 9.17) is 0 Å². The van der Waals surface area contributed by atoms with Crippen LogP contribution in [0.5, 0.6) is 0 Å². The second-order valence-electron chi connectivity index (χ2n) is 6.57. The Balaban J connectivity index is 2.06. The van der Waals surface area contributed by atoms with Gasteiger partial charge in [0.2, 0.25) is 0 Å². The van der Waals surface area contributed by atoms with Crippen molar-refractivity contribution in [3.05, 3.63) is 16.6 Å². The van der Waals surface area contributed by atoms with Gasteiger partial charge in [-0.3, -0.25) is 4.98 Å². The highest BCUT2D eigenvalue weighted by Gasteiger charge is 2.37.